The maximum atomic E-state index is 12.5. The van der Waals surface area contributed by atoms with Crippen molar-refractivity contribution < 1.29 is 17.9 Å². The molecule has 27 heavy (non-hydrogen) atoms. The summed E-state index contributed by atoms with van der Waals surface area (Å²) >= 11 is 0. The first-order chi connectivity index (χ1) is 12.2. The van der Waals surface area contributed by atoms with E-state index in [1.807, 2.05) is 13.0 Å². The molecule has 2 rings (SSSR count). The SMILES string of the molecule is Cc1ccc(N)cc1C(=O)N(C)CCCOc1cccc(S(C)(=O)=O)c1.Cl. The first-order valence-electron chi connectivity index (χ1n) is 8.23. The van der Waals surface area contributed by atoms with Crippen molar-refractivity contribution in [2.75, 3.05) is 32.2 Å². The van der Waals surface area contributed by atoms with Crippen molar-refractivity contribution in [2.45, 2.75) is 18.2 Å². The number of rotatable bonds is 7. The number of hydrogen-bond donors (Lipinski definition) is 1. The monoisotopic (exact) mass is 412 g/mol. The molecule has 0 unspecified atom stereocenters. The summed E-state index contributed by atoms with van der Waals surface area (Å²) in [4.78, 5) is 14.3. The van der Waals surface area contributed by atoms with Crippen molar-refractivity contribution in [3.05, 3.63) is 53.6 Å². The summed E-state index contributed by atoms with van der Waals surface area (Å²) in [7, 11) is -1.53. The van der Waals surface area contributed by atoms with Crippen LogP contribution in [0.15, 0.2) is 47.4 Å². The molecule has 0 aliphatic carbocycles. The van der Waals surface area contributed by atoms with Crippen LogP contribution in [0.25, 0.3) is 0 Å². The zero-order valence-electron chi connectivity index (χ0n) is 15.6. The largest absolute Gasteiger partial charge is 0.493 e. The lowest BCUT2D eigenvalue weighted by atomic mass is 10.1. The first-order valence-corrected chi connectivity index (χ1v) is 10.1. The van der Waals surface area contributed by atoms with E-state index in [0.29, 0.717) is 36.6 Å². The van der Waals surface area contributed by atoms with Crippen molar-refractivity contribution >= 4 is 33.8 Å². The minimum absolute atomic E-state index is 0. The molecular weight excluding hydrogens is 388 g/mol. The van der Waals surface area contributed by atoms with Crippen molar-refractivity contribution in [1.82, 2.24) is 4.90 Å². The van der Waals surface area contributed by atoms with Gasteiger partial charge in [-0.05, 0) is 49.2 Å². The third kappa shape index (κ3) is 6.45. The van der Waals surface area contributed by atoms with E-state index in [-0.39, 0.29) is 23.2 Å². The van der Waals surface area contributed by atoms with Gasteiger partial charge in [-0.3, -0.25) is 4.79 Å². The zero-order valence-corrected chi connectivity index (χ0v) is 17.3. The lowest BCUT2D eigenvalue weighted by molar-refractivity contribution is 0.0787. The van der Waals surface area contributed by atoms with Gasteiger partial charge in [0.2, 0.25) is 0 Å². The molecule has 2 aromatic carbocycles. The molecule has 8 heteroatoms. The fourth-order valence-corrected chi connectivity index (χ4v) is 3.12. The van der Waals surface area contributed by atoms with Gasteiger partial charge in [0.1, 0.15) is 5.75 Å². The number of carbonyl (C=O) groups excluding carboxylic acids is 1. The molecule has 148 valence electrons. The van der Waals surface area contributed by atoms with E-state index in [9.17, 15) is 13.2 Å². The molecule has 0 aromatic heterocycles. The molecular formula is C19H25ClN2O4S. The highest BCUT2D eigenvalue weighted by atomic mass is 35.5. The molecule has 0 aliphatic rings. The number of nitrogens with two attached hydrogens (primary N) is 1. The number of nitrogen functional groups attached to an aromatic ring is 1. The molecule has 0 saturated carbocycles. The smallest absolute Gasteiger partial charge is 0.253 e. The summed E-state index contributed by atoms with van der Waals surface area (Å²) in [5, 5.41) is 0. The molecule has 6 nitrogen and oxygen atoms in total. The van der Waals surface area contributed by atoms with Crippen LogP contribution >= 0.6 is 12.4 Å². The van der Waals surface area contributed by atoms with Gasteiger partial charge < -0.3 is 15.4 Å². The second kappa shape index (κ2) is 9.62. The van der Waals surface area contributed by atoms with Crippen molar-refractivity contribution in [1.29, 1.82) is 0 Å². The van der Waals surface area contributed by atoms with Gasteiger partial charge >= 0.3 is 0 Å². The number of anilines is 1. The Hall–Kier alpha value is -2.25. The highest BCUT2D eigenvalue weighted by molar-refractivity contribution is 7.90. The van der Waals surface area contributed by atoms with E-state index < -0.39 is 9.84 Å². The predicted octanol–water partition coefficient (Wildman–Crippen LogP) is 2.94. The van der Waals surface area contributed by atoms with Gasteiger partial charge in [0.05, 0.1) is 11.5 Å². The molecule has 0 bridgehead atoms. The van der Waals surface area contributed by atoms with E-state index in [2.05, 4.69) is 0 Å². The number of aryl methyl sites for hydroxylation is 1. The van der Waals surface area contributed by atoms with E-state index >= 15 is 0 Å². The van der Waals surface area contributed by atoms with E-state index in [1.165, 1.54) is 12.1 Å². The molecule has 0 heterocycles. The Morgan fingerprint density at radius 2 is 1.89 bits per heavy atom. The van der Waals surface area contributed by atoms with Gasteiger partial charge in [-0.15, -0.1) is 12.4 Å². The van der Waals surface area contributed by atoms with Crippen LogP contribution in [0, 0.1) is 6.92 Å². The summed E-state index contributed by atoms with van der Waals surface area (Å²) in [5.74, 6) is 0.405. The average molecular weight is 413 g/mol. The quantitative estimate of drug-likeness (QED) is 0.557. The number of amides is 1. The van der Waals surface area contributed by atoms with Crippen molar-refractivity contribution in [2.24, 2.45) is 0 Å². The van der Waals surface area contributed by atoms with Crippen molar-refractivity contribution in [3.63, 3.8) is 0 Å². The second-order valence-electron chi connectivity index (χ2n) is 6.25. The van der Waals surface area contributed by atoms with Crippen LogP contribution in [0.4, 0.5) is 5.69 Å². The predicted molar refractivity (Wildman–Crippen MR) is 109 cm³/mol. The van der Waals surface area contributed by atoms with Gasteiger partial charge in [0.25, 0.3) is 5.91 Å². The minimum Gasteiger partial charge on any atom is -0.493 e. The van der Waals surface area contributed by atoms with Crippen LogP contribution in [0.3, 0.4) is 0 Å². The molecule has 0 radical (unpaired) electrons. The molecule has 0 atom stereocenters. The van der Waals surface area contributed by atoms with Gasteiger partial charge in [-0.25, -0.2) is 8.42 Å². The van der Waals surface area contributed by atoms with Crippen LogP contribution in [-0.4, -0.2) is 45.7 Å². The van der Waals surface area contributed by atoms with E-state index in [4.69, 9.17) is 10.5 Å². The highest BCUT2D eigenvalue weighted by Gasteiger charge is 2.14. The lowest BCUT2D eigenvalue weighted by Gasteiger charge is -2.19. The van der Waals surface area contributed by atoms with Crippen LogP contribution in [0.1, 0.15) is 22.3 Å². The third-order valence-corrected chi connectivity index (χ3v) is 5.09. The van der Waals surface area contributed by atoms with Gasteiger partial charge in [-0.1, -0.05) is 12.1 Å². The first kappa shape index (κ1) is 22.8. The summed E-state index contributed by atoms with van der Waals surface area (Å²) in [6.07, 6.45) is 1.78. The number of carbonyl (C=O) groups is 1. The second-order valence-corrected chi connectivity index (χ2v) is 8.27. The van der Waals surface area contributed by atoms with Gasteiger partial charge in [0, 0.05) is 31.1 Å². The Morgan fingerprint density at radius 3 is 2.56 bits per heavy atom. The number of nitrogens with zero attached hydrogens (tertiary/aromatic N) is 1. The normalized spacial score (nSPS) is 10.8. The van der Waals surface area contributed by atoms with E-state index in [1.54, 1.807) is 36.2 Å². The molecule has 1 amide bonds. The minimum atomic E-state index is -3.26. The molecule has 0 aliphatic heterocycles. The molecule has 2 N–H and O–H groups in total. The number of halogens is 1. The maximum absolute atomic E-state index is 12.5. The Labute approximate surface area is 166 Å². The fourth-order valence-electron chi connectivity index (χ4n) is 2.46. The summed E-state index contributed by atoms with van der Waals surface area (Å²) in [6.45, 7) is 2.76. The topological polar surface area (TPSA) is 89.7 Å². The lowest BCUT2D eigenvalue weighted by Crippen LogP contribution is -2.29. The Morgan fingerprint density at radius 1 is 1.19 bits per heavy atom. The molecule has 0 spiro atoms. The Bertz CT molecular complexity index is 900. The van der Waals surface area contributed by atoms with Crippen molar-refractivity contribution in [3.8, 4) is 5.75 Å². The molecule has 2 aromatic rings. The molecule has 0 fully saturated rings. The summed E-state index contributed by atoms with van der Waals surface area (Å²) < 4.78 is 28.7. The Kier molecular flexibility index (Phi) is 8.12. The van der Waals surface area contributed by atoms with Crippen LogP contribution in [0.5, 0.6) is 5.75 Å². The van der Waals surface area contributed by atoms with Crippen LogP contribution in [-0.2, 0) is 9.84 Å². The number of benzene rings is 2. The third-order valence-electron chi connectivity index (χ3n) is 3.98. The molecule has 0 saturated heterocycles. The maximum Gasteiger partial charge on any atom is 0.253 e. The highest BCUT2D eigenvalue weighted by Crippen LogP contribution is 2.18. The van der Waals surface area contributed by atoms with Gasteiger partial charge in [-0.2, -0.15) is 0 Å². The standard InChI is InChI=1S/C19H24N2O4S.ClH/c1-14-8-9-15(20)12-18(14)19(22)21(2)10-5-11-25-16-6-4-7-17(13-16)26(3,23)24;/h4,6-9,12-13H,5,10-11,20H2,1-3H3;1H. The number of ether oxygens (including phenoxy) is 1. The van der Waals surface area contributed by atoms with Crippen LogP contribution in [0.2, 0.25) is 0 Å². The van der Waals surface area contributed by atoms with Crippen LogP contribution < -0.4 is 10.5 Å². The Balaban J connectivity index is 0.00000364. The summed E-state index contributed by atoms with van der Waals surface area (Å²) in [5.41, 5.74) is 7.79. The van der Waals surface area contributed by atoms with Gasteiger partial charge in [0.15, 0.2) is 9.84 Å². The zero-order chi connectivity index (χ0) is 19.3. The van der Waals surface area contributed by atoms with E-state index in [0.717, 1.165) is 11.8 Å². The average Bonchev–Trinajstić information content (AvgIpc) is 2.59. The number of hydrogen-bond acceptors (Lipinski definition) is 5. The number of sulfone groups is 1. The summed E-state index contributed by atoms with van der Waals surface area (Å²) in [6, 6.07) is 11.7. The fraction of sp³-hybridized carbons (Fsp3) is 0.316.